The summed E-state index contributed by atoms with van der Waals surface area (Å²) in [7, 11) is 0. The predicted octanol–water partition coefficient (Wildman–Crippen LogP) is 4.25. The fourth-order valence-corrected chi connectivity index (χ4v) is 2.62. The van der Waals surface area contributed by atoms with Crippen LogP contribution in [-0.4, -0.2) is 25.6 Å². The van der Waals surface area contributed by atoms with E-state index in [9.17, 15) is 4.79 Å². The van der Waals surface area contributed by atoms with E-state index in [1.807, 2.05) is 12.1 Å². The fourth-order valence-electron chi connectivity index (χ4n) is 2.62. The minimum Gasteiger partial charge on any atom is -0.494 e. The number of anilines is 1. The molecule has 2 rings (SSSR count). The Labute approximate surface area is 150 Å². The van der Waals surface area contributed by atoms with Gasteiger partial charge in [0.1, 0.15) is 5.75 Å². The van der Waals surface area contributed by atoms with Gasteiger partial charge in [-0.2, -0.15) is 0 Å². The molecule has 0 aliphatic heterocycles. The van der Waals surface area contributed by atoms with Crippen LogP contribution in [-0.2, 0) is 6.54 Å². The lowest BCUT2D eigenvalue weighted by molar-refractivity contribution is 0.0951. The molecule has 0 fully saturated rings. The van der Waals surface area contributed by atoms with Crippen LogP contribution in [0.3, 0.4) is 0 Å². The SMILES string of the molecule is CCCOc1ccc(C(=O)NCc2ccc(N(CC)CC)cc2)cc1. The van der Waals surface area contributed by atoms with Crippen LogP contribution in [0.4, 0.5) is 5.69 Å². The molecule has 1 N–H and O–H groups in total. The van der Waals surface area contributed by atoms with Gasteiger partial charge in [-0.05, 0) is 62.2 Å². The summed E-state index contributed by atoms with van der Waals surface area (Å²) in [6.45, 7) is 9.55. The number of rotatable bonds is 9. The maximum atomic E-state index is 12.3. The van der Waals surface area contributed by atoms with Crippen molar-refractivity contribution >= 4 is 11.6 Å². The van der Waals surface area contributed by atoms with Crippen LogP contribution in [0.1, 0.15) is 43.1 Å². The Morgan fingerprint density at radius 2 is 1.60 bits per heavy atom. The van der Waals surface area contributed by atoms with Crippen molar-refractivity contribution in [2.75, 3.05) is 24.6 Å². The summed E-state index contributed by atoms with van der Waals surface area (Å²) < 4.78 is 5.53. The smallest absolute Gasteiger partial charge is 0.251 e. The zero-order valence-electron chi connectivity index (χ0n) is 15.4. The monoisotopic (exact) mass is 340 g/mol. The Balaban J connectivity index is 1.89. The Morgan fingerprint density at radius 1 is 0.960 bits per heavy atom. The molecule has 0 aliphatic rings. The van der Waals surface area contributed by atoms with E-state index in [0.717, 1.165) is 30.8 Å². The molecule has 0 radical (unpaired) electrons. The van der Waals surface area contributed by atoms with Crippen molar-refractivity contribution in [1.29, 1.82) is 0 Å². The van der Waals surface area contributed by atoms with E-state index in [4.69, 9.17) is 4.74 Å². The zero-order chi connectivity index (χ0) is 18.1. The number of amides is 1. The molecular formula is C21H28N2O2. The van der Waals surface area contributed by atoms with Crippen molar-refractivity contribution in [2.45, 2.75) is 33.7 Å². The van der Waals surface area contributed by atoms with Gasteiger partial charge in [-0.3, -0.25) is 4.79 Å². The van der Waals surface area contributed by atoms with Crippen molar-refractivity contribution in [3.63, 3.8) is 0 Å². The highest BCUT2D eigenvalue weighted by atomic mass is 16.5. The number of carbonyl (C=O) groups excluding carboxylic acids is 1. The maximum Gasteiger partial charge on any atom is 0.251 e. The van der Waals surface area contributed by atoms with Gasteiger partial charge in [0.25, 0.3) is 5.91 Å². The van der Waals surface area contributed by atoms with Crippen LogP contribution in [0.15, 0.2) is 48.5 Å². The summed E-state index contributed by atoms with van der Waals surface area (Å²) >= 11 is 0. The molecule has 0 heterocycles. The number of ether oxygens (including phenoxy) is 1. The Kier molecular flexibility index (Phi) is 7.33. The molecule has 0 aromatic heterocycles. The van der Waals surface area contributed by atoms with Gasteiger partial charge in [0.05, 0.1) is 6.61 Å². The summed E-state index contributed by atoms with van der Waals surface area (Å²) in [6.07, 6.45) is 0.968. The Bertz CT molecular complexity index is 647. The van der Waals surface area contributed by atoms with Crippen molar-refractivity contribution in [3.05, 3.63) is 59.7 Å². The van der Waals surface area contributed by atoms with Crippen molar-refractivity contribution in [1.82, 2.24) is 5.32 Å². The Hall–Kier alpha value is -2.49. The summed E-state index contributed by atoms with van der Waals surface area (Å²) in [4.78, 5) is 14.5. The highest BCUT2D eigenvalue weighted by Gasteiger charge is 2.06. The molecule has 2 aromatic carbocycles. The summed E-state index contributed by atoms with van der Waals surface area (Å²) in [5.74, 6) is 0.722. The van der Waals surface area contributed by atoms with Crippen LogP contribution in [0.5, 0.6) is 5.75 Å². The third-order valence-corrected chi connectivity index (χ3v) is 4.11. The highest BCUT2D eigenvalue weighted by molar-refractivity contribution is 5.94. The lowest BCUT2D eigenvalue weighted by atomic mass is 10.1. The number of hydrogen-bond acceptors (Lipinski definition) is 3. The van der Waals surface area contributed by atoms with Gasteiger partial charge >= 0.3 is 0 Å². The first-order valence-electron chi connectivity index (χ1n) is 9.02. The van der Waals surface area contributed by atoms with Crippen molar-refractivity contribution in [3.8, 4) is 5.75 Å². The number of hydrogen-bond donors (Lipinski definition) is 1. The first kappa shape index (κ1) is 18.8. The van der Waals surface area contributed by atoms with Gasteiger partial charge in [-0.25, -0.2) is 0 Å². The lowest BCUT2D eigenvalue weighted by Crippen LogP contribution is -2.23. The molecule has 134 valence electrons. The molecule has 0 bridgehead atoms. The quantitative estimate of drug-likeness (QED) is 0.742. The van der Waals surface area contributed by atoms with E-state index in [1.165, 1.54) is 5.69 Å². The van der Waals surface area contributed by atoms with Crippen molar-refractivity contribution < 1.29 is 9.53 Å². The molecule has 2 aromatic rings. The highest BCUT2D eigenvalue weighted by Crippen LogP contribution is 2.15. The molecule has 0 saturated carbocycles. The third kappa shape index (κ3) is 5.52. The minimum absolute atomic E-state index is 0.0742. The largest absolute Gasteiger partial charge is 0.494 e. The van der Waals surface area contributed by atoms with E-state index in [-0.39, 0.29) is 5.91 Å². The van der Waals surface area contributed by atoms with Gasteiger partial charge in [0, 0.05) is 30.9 Å². The molecule has 1 amide bonds. The molecule has 0 saturated heterocycles. The Morgan fingerprint density at radius 3 is 2.16 bits per heavy atom. The normalized spacial score (nSPS) is 10.4. The average molecular weight is 340 g/mol. The van der Waals surface area contributed by atoms with E-state index in [1.54, 1.807) is 12.1 Å². The second-order valence-electron chi connectivity index (χ2n) is 5.89. The van der Waals surface area contributed by atoms with Gasteiger partial charge < -0.3 is 15.0 Å². The third-order valence-electron chi connectivity index (χ3n) is 4.11. The molecule has 25 heavy (non-hydrogen) atoms. The zero-order valence-corrected chi connectivity index (χ0v) is 15.4. The van der Waals surface area contributed by atoms with Crippen LogP contribution in [0.25, 0.3) is 0 Å². The summed E-state index contributed by atoms with van der Waals surface area (Å²) in [5, 5.41) is 2.96. The van der Waals surface area contributed by atoms with Crippen LogP contribution in [0.2, 0.25) is 0 Å². The van der Waals surface area contributed by atoms with Crippen LogP contribution in [0, 0.1) is 0 Å². The molecule has 4 nitrogen and oxygen atoms in total. The number of benzene rings is 2. The molecule has 4 heteroatoms. The van der Waals surface area contributed by atoms with E-state index >= 15 is 0 Å². The summed E-state index contributed by atoms with van der Waals surface area (Å²) in [5.41, 5.74) is 2.94. The lowest BCUT2D eigenvalue weighted by Gasteiger charge is -2.21. The standard InChI is InChI=1S/C21H28N2O2/c1-4-15-25-20-13-9-18(10-14-20)21(24)22-16-17-7-11-19(12-8-17)23(5-2)6-3/h7-14H,4-6,15-16H2,1-3H3,(H,22,24). The first-order chi connectivity index (χ1) is 12.2. The van der Waals surface area contributed by atoms with Crippen LogP contribution < -0.4 is 15.0 Å². The van der Waals surface area contributed by atoms with Gasteiger partial charge in [-0.15, -0.1) is 0 Å². The van der Waals surface area contributed by atoms with Gasteiger partial charge in [-0.1, -0.05) is 19.1 Å². The second-order valence-corrected chi connectivity index (χ2v) is 5.89. The number of nitrogens with one attached hydrogen (secondary N) is 1. The predicted molar refractivity (Wildman–Crippen MR) is 103 cm³/mol. The molecule has 0 atom stereocenters. The van der Waals surface area contributed by atoms with E-state index < -0.39 is 0 Å². The molecule has 0 unspecified atom stereocenters. The minimum atomic E-state index is -0.0742. The second kappa shape index (κ2) is 9.72. The van der Waals surface area contributed by atoms with Gasteiger partial charge in [0.15, 0.2) is 0 Å². The first-order valence-corrected chi connectivity index (χ1v) is 9.02. The average Bonchev–Trinajstić information content (AvgIpc) is 2.67. The molecular weight excluding hydrogens is 312 g/mol. The number of carbonyl (C=O) groups is 1. The molecule has 0 aliphatic carbocycles. The van der Waals surface area contributed by atoms with E-state index in [0.29, 0.717) is 18.7 Å². The fraction of sp³-hybridized carbons (Fsp3) is 0.381. The maximum absolute atomic E-state index is 12.3. The molecule has 0 spiro atoms. The van der Waals surface area contributed by atoms with Crippen LogP contribution >= 0.6 is 0 Å². The number of nitrogens with zero attached hydrogens (tertiary/aromatic N) is 1. The topological polar surface area (TPSA) is 41.6 Å². The van der Waals surface area contributed by atoms with Gasteiger partial charge in [0.2, 0.25) is 0 Å². The van der Waals surface area contributed by atoms with E-state index in [2.05, 4.69) is 55.3 Å². The van der Waals surface area contributed by atoms with Crippen molar-refractivity contribution in [2.24, 2.45) is 0 Å². The summed E-state index contributed by atoms with van der Waals surface area (Å²) in [6, 6.07) is 15.6.